The van der Waals surface area contributed by atoms with Crippen molar-refractivity contribution in [3.63, 3.8) is 0 Å². The van der Waals surface area contributed by atoms with Crippen LogP contribution in [0.4, 0.5) is 0 Å². The monoisotopic (exact) mass is 596 g/mol. The highest BCUT2D eigenvalue weighted by Crippen LogP contribution is 2.60. The molecule has 4 aliphatic rings. The number of carbonyl (C=O) groups is 3. The van der Waals surface area contributed by atoms with Crippen molar-refractivity contribution in [2.24, 2.45) is 11.8 Å². The first-order valence-corrected chi connectivity index (χ1v) is 14.6. The predicted octanol–water partition coefficient (Wildman–Crippen LogP) is 0.498. The number of ether oxygens (including phenoxy) is 2. The number of aliphatic hydroxyl groups excluding tert-OH is 1. The zero-order chi connectivity index (χ0) is 27.4. The molecule has 3 unspecified atom stereocenters. The van der Waals surface area contributed by atoms with Crippen LogP contribution in [0.15, 0.2) is 25.3 Å². The lowest BCUT2D eigenvalue weighted by molar-refractivity contribution is -0.149. The molecule has 0 radical (unpaired) electrons. The number of β-amino-alcohol motifs (C(OH)–C–C–N with tert-alkyl or cyclic N) is 1. The van der Waals surface area contributed by atoms with E-state index in [1.807, 2.05) is 6.92 Å². The maximum Gasteiger partial charge on any atom is 0.248 e. The van der Waals surface area contributed by atoms with Crippen LogP contribution in [0.1, 0.15) is 19.8 Å². The standard InChI is InChI=1S/C27H41BrN4O6/c1-4-7-30(8-5-2)24(34)20-21-25(35)32(12-15-33)23(27(21)18-19(28)22(20)38-27)26(36)31(9-6-3)11-10-29-13-16-37-17-14-29/h4,6,19-23,33H,1,3,5,7-18H2,2H3/t19?,20-,21+,22-,23?,27?/m1/s1. The fraction of sp³-hybridized carbons (Fsp3) is 0.741. The fourth-order valence-electron chi connectivity index (χ4n) is 6.67. The van der Waals surface area contributed by atoms with Crippen LogP contribution in [0.25, 0.3) is 0 Å². The number of carbonyl (C=O) groups excluding carboxylic acids is 3. The summed E-state index contributed by atoms with van der Waals surface area (Å²) in [5.41, 5.74) is -1.13. The van der Waals surface area contributed by atoms with Crippen LogP contribution < -0.4 is 0 Å². The number of hydrogen-bond acceptors (Lipinski definition) is 7. The average Bonchev–Trinajstić information content (AvgIpc) is 3.50. The molecule has 0 aromatic carbocycles. The first-order valence-electron chi connectivity index (χ1n) is 13.7. The van der Waals surface area contributed by atoms with Gasteiger partial charge in [0.2, 0.25) is 17.7 Å². The van der Waals surface area contributed by atoms with E-state index in [2.05, 4.69) is 34.0 Å². The molecule has 0 aromatic rings. The molecule has 4 heterocycles. The maximum absolute atomic E-state index is 14.2. The largest absolute Gasteiger partial charge is 0.395 e. The molecule has 10 nitrogen and oxygen atoms in total. The first kappa shape index (κ1) is 29.2. The van der Waals surface area contributed by atoms with E-state index in [4.69, 9.17) is 9.47 Å². The van der Waals surface area contributed by atoms with Crippen LogP contribution in [-0.2, 0) is 23.9 Å². The topological polar surface area (TPSA) is 103 Å². The van der Waals surface area contributed by atoms with E-state index < -0.39 is 29.6 Å². The van der Waals surface area contributed by atoms with Gasteiger partial charge in [0, 0.05) is 57.2 Å². The van der Waals surface area contributed by atoms with Crippen molar-refractivity contribution < 1.29 is 29.0 Å². The maximum atomic E-state index is 14.2. The van der Waals surface area contributed by atoms with Gasteiger partial charge < -0.3 is 29.3 Å². The highest BCUT2D eigenvalue weighted by atomic mass is 79.9. The van der Waals surface area contributed by atoms with Crippen molar-refractivity contribution in [3.8, 4) is 0 Å². The molecule has 1 spiro atoms. The highest BCUT2D eigenvalue weighted by molar-refractivity contribution is 9.09. The van der Waals surface area contributed by atoms with Gasteiger partial charge >= 0.3 is 0 Å². The molecule has 3 amide bonds. The number of amides is 3. The summed E-state index contributed by atoms with van der Waals surface area (Å²) in [6, 6.07) is -0.918. The SMILES string of the molecule is C=CCN(CCN1CCOCC1)C(=O)C1N(CCO)C(=O)[C@@H]2[C@@H](C(=O)N(CC=C)CCC)[C@@H]3OC12CC3Br. The van der Waals surface area contributed by atoms with Gasteiger partial charge in [-0.25, -0.2) is 0 Å². The summed E-state index contributed by atoms with van der Waals surface area (Å²) in [6.07, 6.45) is 4.08. The second kappa shape index (κ2) is 12.6. The van der Waals surface area contributed by atoms with Gasteiger partial charge in [0.05, 0.1) is 37.8 Å². The average molecular weight is 598 g/mol. The summed E-state index contributed by atoms with van der Waals surface area (Å²) in [7, 11) is 0. The summed E-state index contributed by atoms with van der Waals surface area (Å²) in [5.74, 6) is -2.14. The Balaban J connectivity index is 1.65. The lowest BCUT2D eigenvalue weighted by atomic mass is 9.70. The minimum atomic E-state index is -1.13. The number of rotatable bonds is 13. The van der Waals surface area contributed by atoms with E-state index >= 15 is 0 Å². The molecule has 38 heavy (non-hydrogen) atoms. The Hall–Kier alpha value is -1.79. The van der Waals surface area contributed by atoms with Crippen molar-refractivity contribution in [2.75, 3.05) is 72.2 Å². The second-order valence-corrected chi connectivity index (χ2v) is 11.7. The molecular formula is C27H41BrN4O6. The molecule has 11 heteroatoms. The molecule has 212 valence electrons. The lowest BCUT2D eigenvalue weighted by Crippen LogP contribution is -2.58. The van der Waals surface area contributed by atoms with E-state index in [1.165, 1.54) is 4.90 Å². The molecular weight excluding hydrogens is 556 g/mol. The van der Waals surface area contributed by atoms with Gasteiger partial charge in [-0.1, -0.05) is 35.0 Å². The van der Waals surface area contributed by atoms with Gasteiger partial charge in [-0.3, -0.25) is 19.3 Å². The van der Waals surface area contributed by atoms with E-state index in [-0.39, 0.29) is 35.7 Å². The molecule has 1 N–H and O–H groups in total. The molecule has 0 aliphatic carbocycles. The Bertz CT molecular complexity index is 914. The number of likely N-dealkylation sites (tertiary alicyclic amines) is 1. The molecule has 6 atom stereocenters. The molecule has 4 saturated heterocycles. The summed E-state index contributed by atoms with van der Waals surface area (Å²) >= 11 is 3.71. The second-order valence-electron chi connectivity index (χ2n) is 10.5. The number of fused-ring (bicyclic) bond motifs is 1. The van der Waals surface area contributed by atoms with Gasteiger partial charge in [0.15, 0.2) is 0 Å². The molecule has 2 bridgehead atoms. The van der Waals surface area contributed by atoms with Gasteiger partial charge in [-0.05, 0) is 12.8 Å². The van der Waals surface area contributed by atoms with Gasteiger partial charge in [-0.2, -0.15) is 0 Å². The number of nitrogens with zero attached hydrogens (tertiary/aromatic N) is 4. The van der Waals surface area contributed by atoms with Crippen LogP contribution in [0.2, 0.25) is 0 Å². The summed E-state index contributed by atoms with van der Waals surface area (Å²) in [6.45, 7) is 14.7. The number of hydrogen-bond donors (Lipinski definition) is 1. The number of alkyl halides is 1. The number of aliphatic hydroxyl groups is 1. The zero-order valence-corrected chi connectivity index (χ0v) is 23.9. The Morgan fingerprint density at radius 3 is 2.39 bits per heavy atom. The molecule has 0 saturated carbocycles. The molecule has 4 aliphatic heterocycles. The van der Waals surface area contributed by atoms with Crippen molar-refractivity contribution in [2.45, 2.75) is 42.3 Å². The Morgan fingerprint density at radius 2 is 1.79 bits per heavy atom. The lowest BCUT2D eigenvalue weighted by Gasteiger charge is -2.38. The summed E-state index contributed by atoms with van der Waals surface area (Å²) in [4.78, 5) is 49.0. The number of morpholine rings is 1. The first-order chi connectivity index (χ1) is 18.3. The normalized spacial score (nSPS) is 32.3. The third-order valence-electron chi connectivity index (χ3n) is 8.25. The quantitative estimate of drug-likeness (QED) is 0.244. The zero-order valence-electron chi connectivity index (χ0n) is 22.3. The minimum Gasteiger partial charge on any atom is -0.395 e. The van der Waals surface area contributed by atoms with Crippen molar-refractivity contribution in [1.29, 1.82) is 0 Å². The molecule has 0 aromatic heterocycles. The minimum absolute atomic E-state index is 0.00606. The Labute approximate surface area is 233 Å². The third-order valence-corrected chi connectivity index (χ3v) is 9.10. The van der Waals surface area contributed by atoms with E-state index in [1.54, 1.807) is 22.0 Å². The Kier molecular flexibility index (Phi) is 9.67. The van der Waals surface area contributed by atoms with E-state index in [0.717, 1.165) is 19.5 Å². The van der Waals surface area contributed by atoms with Crippen LogP contribution in [0.3, 0.4) is 0 Å². The van der Waals surface area contributed by atoms with E-state index in [9.17, 15) is 19.5 Å². The molecule has 4 rings (SSSR count). The van der Waals surface area contributed by atoms with Crippen LogP contribution in [-0.4, -0.2) is 137 Å². The highest BCUT2D eigenvalue weighted by Gasteiger charge is 2.76. The summed E-state index contributed by atoms with van der Waals surface area (Å²) < 4.78 is 12.0. The van der Waals surface area contributed by atoms with Crippen LogP contribution >= 0.6 is 15.9 Å². The summed E-state index contributed by atoms with van der Waals surface area (Å²) in [5, 5.41) is 9.86. The van der Waals surface area contributed by atoms with Crippen molar-refractivity contribution in [1.82, 2.24) is 19.6 Å². The molecule has 4 fully saturated rings. The van der Waals surface area contributed by atoms with Crippen LogP contribution in [0, 0.1) is 11.8 Å². The number of halogens is 1. The van der Waals surface area contributed by atoms with Gasteiger partial charge in [0.25, 0.3) is 0 Å². The third kappa shape index (κ3) is 5.20. The van der Waals surface area contributed by atoms with Crippen molar-refractivity contribution >= 4 is 33.7 Å². The Morgan fingerprint density at radius 1 is 1.13 bits per heavy atom. The smallest absolute Gasteiger partial charge is 0.248 e. The van der Waals surface area contributed by atoms with Gasteiger partial charge in [0.1, 0.15) is 11.6 Å². The predicted molar refractivity (Wildman–Crippen MR) is 146 cm³/mol. The van der Waals surface area contributed by atoms with E-state index in [0.29, 0.717) is 52.4 Å². The van der Waals surface area contributed by atoms with Crippen LogP contribution in [0.5, 0.6) is 0 Å². The fourth-order valence-corrected chi connectivity index (χ4v) is 7.62. The van der Waals surface area contributed by atoms with Crippen molar-refractivity contribution in [3.05, 3.63) is 25.3 Å². The van der Waals surface area contributed by atoms with Gasteiger partial charge in [-0.15, -0.1) is 13.2 Å².